The summed E-state index contributed by atoms with van der Waals surface area (Å²) < 4.78 is 63.5. The Labute approximate surface area is 98.4 Å². The third kappa shape index (κ3) is 9.84. The molecule has 0 radical (unpaired) electrons. The molecule has 0 atom stereocenters. The highest BCUT2D eigenvalue weighted by Gasteiger charge is 2.17. The quantitative estimate of drug-likeness (QED) is 0.591. The van der Waals surface area contributed by atoms with E-state index in [1.165, 1.54) is 0 Å². The third-order valence-electron chi connectivity index (χ3n) is 1.39. The molecule has 1 aromatic heterocycles. The predicted molar refractivity (Wildman–Crippen MR) is 54.5 cm³/mol. The number of nitrogens with zero attached hydrogens (tertiary/aromatic N) is 2. The Morgan fingerprint density at radius 1 is 1.24 bits per heavy atom. The first-order chi connectivity index (χ1) is 7.53. The van der Waals surface area contributed by atoms with Crippen molar-refractivity contribution in [3.05, 3.63) is 18.7 Å². The SMILES string of the molecule is CCn1cc[n+](C)c1.O=S(=O)(F)NS(=O)(=O)F. The van der Waals surface area contributed by atoms with Crippen LogP contribution in [0.2, 0.25) is 0 Å². The monoisotopic (exact) mass is 292 g/mol. The summed E-state index contributed by atoms with van der Waals surface area (Å²) in [6.45, 7) is 3.18. The first-order valence-corrected chi connectivity index (χ1v) is 6.99. The van der Waals surface area contributed by atoms with Crippen LogP contribution in [0.4, 0.5) is 7.77 Å². The van der Waals surface area contributed by atoms with Crippen LogP contribution in [0.5, 0.6) is 0 Å². The second-order valence-corrected chi connectivity index (χ2v) is 5.29. The van der Waals surface area contributed by atoms with Crippen molar-refractivity contribution < 1.29 is 29.2 Å². The van der Waals surface area contributed by atoms with Crippen molar-refractivity contribution in [2.75, 3.05) is 0 Å². The maximum absolute atomic E-state index is 11.1. The number of aryl methyl sites for hydroxylation is 2. The van der Waals surface area contributed by atoms with Gasteiger partial charge in [0, 0.05) is 0 Å². The molecule has 0 aliphatic carbocycles. The van der Waals surface area contributed by atoms with Gasteiger partial charge in [0.2, 0.25) is 6.33 Å². The lowest BCUT2D eigenvalue weighted by Gasteiger charge is -1.87. The molecule has 1 heterocycles. The van der Waals surface area contributed by atoms with E-state index in [9.17, 15) is 24.6 Å². The number of hydrogen-bond acceptors (Lipinski definition) is 4. The van der Waals surface area contributed by atoms with Crippen LogP contribution in [0.3, 0.4) is 0 Å². The van der Waals surface area contributed by atoms with E-state index in [1.807, 2.05) is 17.8 Å². The first-order valence-electron chi connectivity index (χ1n) is 4.22. The molecule has 0 saturated heterocycles. The minimum atomic E-state index is -5.49. The van der Waals surface area contributed by atoms with E-state index >= 15 is 0 Å². The van der Waals surface area contributed by atoms with E-state index in [2.05, 4.69) is 24.0 Å². The highest BCUT2D eigenvalue weighted by molar-refractivity contribution is 7.99. The van der Waals surface area contributed by atoms with Crippen LogP contribution in [-0.2, 0) is 34.4 Å². The van der Waals surface area contributed by atoms with Crippen LogP contribution in [0.25, 0.3) is 0 Å². The Hall–Kier alpha value is -1.07. The molecule has 0 saturated carbocycles. The average Bonchev–Trinajstić information content (AvgIpc) is 2.45. The van der Waals surface area contributed by atoms with Gasteiger partial charge in [-0.1, -0.05) is 11.9 Å². The molecule has 1 rings (SSSR count). The van der Waals surface area contributed by atoms with Crippen molar-refractivity contribution in [3.8, 4) is 0 Å². The molecule has 0 unspecified atom stereocenters. The van der Waals surface area contributed by atoms with Gasteiger partial charge in [-0.15, -0.1) is 0 Å². The lowest BCUT2D eigenvalue weighted by Crippen LogP contribution is -2.23. The molecule has 100 valence electrons. The topological polar surface area (TPSA) is 89.1 Å². The fourth-order valence-electron chi connectivity index (χ4n) is 0.808. The number of rotatable bonds is 3. The zero-order valence-electron chi connectivity index (χ0n) is 9.04. The van der Waals surface area contributed by atoms with Crippen LogP contribution in [0, 0.1) is 0 Å². The molecule has 0 aliphatic heterocycles. The maximum atomic E-state index is 11.1. The minimum absolute atomic E-state index is 0.0694. The third-order valence-corrected chi connectivity index (χ3v) is 2.98. The molecule has 0 amide bonds. The molecule has 0 spiro atoms. The van der Waals surface area contributed by atoms with Gasteiger partial charge in [-0.2, -0.15) is 16.8 Å². The van der Waals surface area contributed by atoms with Crippen LogP contribution in [-0.4, -0.2) is 21.4 Å². The van der Waals surface area contributed by atoms with E-state index in [0.717, 1.165) is 6.54 Å². The number of nitrogens with one attached hydrogen (secondary N) is 1. The maximum Gasteiger partial charge on any atom is 0.387 e. The largest absolute Gasteiger partial charge is 0.387 e. The molecule has 1 N–H and O–H groups in total. The first kappa shape index (κ1) is 15.9. The number of aromatic nitrogens is 2. The van der Waals surface area contributed by atoms with E-state index in [0.29, 0.717) is 0 Å². The van der Waals surface area contributed by atoms with Gasteiger partial charge in [0.1, 0.15) is 12.4 Å². The molecule has 1 aromatic rings. The molecule has 11 heteroatoms. The summed E-state index contributed by atoms with van der Waals surface area (Å²) in [7, 11) is -8.97. The molecule has 0 aromatic carbocycles. The Kier molecular flexibility index (Phi) is 5.64. The van der Waals surface area contributed by atoms with E-state index < -0.39 is 20.8 Å². The fourth-order valence-corrected chi connectivity index (χ4v) is 1.76. The van der Waals surface area contributed by atoms with Gasteiger partial charge in [-0.25, -0.2) is 9.13 Å². The van der Waals surface area contributed by atoms with Gasteiger partial charge in [-0.05, 0) is 6.92 Å². The van der Waals surface area contributed by atoms with E-state index in [-0.39, 0.29) is 4.13 Å². The average molecular weight is 292 g/mol. The molecule has 0 aliphatic rings. The summed E-state index contributed by atoms with van der Waals surface area (Å²) >= 11 is 0. The molecular weight excluding hydrogens is 280 g/mol. The second kappa shape index (κ2) is 6.02. The van der Waals surface area contributed by atoms with E-state index in [4.69, 9.17) is 0 Å². The highest BCUT2D eigenvalue weighted by Crippen LogP contribution is 1.90. The zero-order chi connectivity index (χ0) is 13.7. The lowest BCUT2D eigenvalue weighted by atomic mass is 10.7. The Bertz CT molecular complexity index is 522. The predicted octanol–water partition coefficient (Wildman–Crippen LogP) is -0.663. The van der Waals surface area contributed by atoms with Gasteiger partial charge < -0.3 is 0 Å². The van der Waals surface area contributed by atoms with Crippen LogP contribution in [0.1, 0.15) is 6.92 Å². The van der Waals surface area contributed by atoms with Gasteiger partial charge in [0.15, 0.2) is 0 Å². The van der Waals surface area contributed by atoms with Crippen molar-refractivity contribution >= 4 is 20.8 Å². The van der Waals surface area contributed by atoms with Crippen molar-refractivity contribution in [3.63, 3.8) is 0 Å². The smallest absolute Gasteiger partial charge is 0.240 e. The Morgan fingerprint density at radius 3 is 1.82 bits per heavy atom. The Morgan fingerprint density at radius 2 is 1.71 bits per heavy atom. The lowest BCUT2D eigenvalue weighted by molar-refractivity contribution is -0.671. The molecule has 0 fully saturated rings. The fraction of sp³-hybridized carbons (Fsp3) is 0.500. The summed E-state index contributed by atoms with van der Waals surface area (Å²) in [4.78, 5) is 0. The Balaban J connectivity index is 0.000000302. The van der Waals surface area contributed by atoms with Crippen LogP contribution < -0.4 is 8.69 Å². The molecular formula is C6H12F2N3O4S2+. The van der Waals surface area contributed by atoms with Crippen molar-refractivity contribution in [1.29, 1.82) is 0 Å². The number of halogens is 2. The van der Waals surface area contributed by atoms with Crippen molar-refractivity contribution in [2.45, 2.75) is 13.5 Å². The summed E-state index contributed by atoms with van der Waals surface area (Å²) in [5.41, 5.74) is 0. The normalized spacial score (nSPS) is 11.8. The van der Waals surface area contributed by atoms with Gasteiger partial charge >= 0.3 is 20.8 Å². The van der Waals surface area contributed by atoms with Crippen molar-refractivity contribution in [1.82, 2.24) is 8.69 Å². The van der Waals surface area contributed by atoms with Crippen LogP contribution >= 0.6 is 0 Å². The standard InChI is InChI=1S/C6H11N2.F2HNO4S2/c1-3-8-5-4-7(2)6-8;1-8(4,5)3-9(2,6)7/h4-6H,3H2,1-2H3;3H/q+1;. The molecule has 17 heavy (non-hydrogen) atoms. The number of hydrogen-bond donors (Lipinski definition) is 1. The molecule has 7 nitrogen and oxygen atoms in total. The number of imidazole rings is 1. The summed E-state index contributed by atoms with van der Waals surface area (Å²) in [5, 5.41) is 0. The summed E-state index contributed by atoms with van der Waals surface area (Å²) in [5.74, 6) is 0. The molecule has 0 bridgehead atoms. The summed E-state index contributed by atoms with van der Waals surface area (Å²) in [6.07, 6.45) is 6.14. The second-order valence-electron chi connectivity index (χ2n) is 2.87. The highest BCUT2D eigenvalue weighted by atomic mass is 32.3. The van der Waals surface area contributed by atoms with Crippen LogP contribution in [0.15, 0.2) is 18.7 Å². The van der Waals surface area contributed by atoms with Gasteiger partial charge in [-0.3, -0.25) is 0 Å². The van der Waals surface area contributed by atoms with Gasteiger partial charge in [0.05, 0.1) is 13.6 Å². The van der Waals surface area contributed by atoms with E-state index in [1.54, 1.807) is 0 Å². The van der Waals surface area contributed by atoms with Crippen molar-refractivity contribution in [2.24, 2.45) is 7.05 Å². The minimum Gasteiger partial charge on any atom is -0.240 e. The summed E-state index contributed by atoms with van der Waals surface area (Å²) in [6, 6.07) is 0. The zero-order valence-corrected chi connectivity index (χ0v) is 10.7. The van der Waals surface area contributed by atoms with Gasteiger partial charge in [0.25, 0.3) is 0 Å².